The third-order valence-electron chi connectivity index (χ3n) is 7.42. The number of nitrogens with two attached hydrogens (primary N) is 1. The molecule has 0 aromatic carbocycles. The molecule has 4 heterocycles. The van der Waals surface area contributed by atoms with Crippen LogP contribution in [-0.4, -0.2) is 88.4 Å². The quantitative estimate of drug-likeness (QED) is 0.600. The number of amides is 2. The topological polar surface area (TPSA) is 88.3 Å². The molecule has 4 fully saturated rings. The fourth-order valence-electron chi connectivity index (χ4n) is 6.01. The predicted molar refractivity (Wildman–Crippen MR) is 134 cm³/mol. The van der Waals surface area contributed by atoms with Gasteiger partial charge in [0.25, 0.3) is 0 Å². The Morgan fingerprint density at radius 3 is 1.32 bits per heavy atom. The maximum absolute atomic E-state index is 12.2. The molecule has 8 nitrogen and oxygen atoms in total. The van der Waals surface area contributed by atoms with Crippen molar-refractivity contribution >= 4 is 12.2 Å². The lowest BCUT2D eigenvalue weighted by atomic mass is 9.97. The highest BCUT2D eigenvalue weighted by atomic mass is 16.6. The maximum atomic E-state index is 12.2. The van der Waals surface area contributed by atoms with Gasteiger partial charge in [0.2, 0.25) is 0 Å². The summed E-state index contributed by atoms with van der Waals surface area (Å²) in [4.78, 5) is 30.5. The Kier molecular flexibility index (Phi) is 8.13. The highest BCUT2D eigenvalue weighted by Gasteiger charge is 2.45. The lowest BCUT2D eigenvalue weighted by molar-refractivity contribution is -0.000768. The second kappa shape index (κ2) is 10.2. The number of carbonyl (C=O) groups is 2. The van der Waals surface area contributed by atoms with E-state index in [-0.39, 0.29) is 18.2 Å². The van der Waals surface area contributed by atoms with Gasteiger partial charge in [-0.3, -0.25) is 0 Å². The Bertz CT molecular complexity index is 701. The lowest BCUT2D eigenvalue weighted by Gasteiger charge is -2.41. The molecule has 0 radical (unpaired) electrons. The maximum Gasteiger partial charge on any atom is 0.410 e. The van der Waals surface area contributed by atoms with Crippen molar-refractivity contribution in [3.05, 3.63) is 0 Å². The zero-order chi connectivity index (χ0) is 25.4. The molecular formula is C26H48N4O4. The highest BCUT2D eigenvalue weighted by Crippen LogP contribution is 2.38. The van der Waals surface area contributed by atoms with Crippen molar-refractivity contribution in [2.75, 3.05) is 14.1 Å². The Morgan fingerprint density at radius 1 is 0.706 bits per heavy atom. The number of ether oxygens (including phenoxy) is 2. The fraction of sp³-hybridized carbons (Fsp3) is 0.923. The van der Waals surface area contributed by atoms with Gasteiger partial charge >= 0.3 is 12.2 Å². The van der Waals surface area contributed by atoms with E-state index in [1.807, 2.05) is 51.3 Å². The summed E-state index contributed by atoms with van der Waals surface area (Å²) in [7, 11) is 4.26. The molecule has 196 valence electrons. The summed E-state index contributed by atoms with van der Waals surface area (Å²) in [6.07, 6.45) is 8.17. The van der Waals surface area contributed by atoms with Crippen LogP contribution in [-0.2, 0) is 9.47 Å². The Balaban J connectivity index is 0.000000192. The highest BCUT2D eigenvalue weighted by molar-refractivity contribution is 5.70. The van der Waals surface area contributed by atoms with Gasteiger partial charge in [0.1, 0.15) is 11.2 Å². The molecule has 4 rings (SSSR count). The third-order valence-corrected chi connectivity index (χ3v) is 7.42. The van der Waals surface area contributed by atoms with E-state index in [2.05, 4.69) is 19.0 Å². The van der Waals surface area contributed by atoms with Gasteiger partial charge in [-0.15, -0.1) is 0 Å². The van der Waals surface area contributed by atoms with Crippen LogP contribution in [0.15, 0.2) is 0 Å². The molecule has 0 aliphatic carbocycles. The van der Waals surface area contributed by atoms with Gasteiger partial charge in [-0.1, -0.05) is 0 Å². The van der Waals surface area contributed by atoms with Crippen LogP contribution in [0, 0.1) is 0 Å². The molecule has 0 aromatic heterocycles. The van der Waals surface area contributed by atoms with E-state index < -0.39 is 11.2 Å². The van der Waals surface area contributed by atoms with Crippen molar-refractivity contribution in [1.82, 2.24) is 14.7 Å². The van der Waals surface area contributed by atoms with Gasteiger partial charge in [-0.25, -0.2) is 9.59 Å². The van der Waals surface area contributed by atoms with Crippen LogP contribution in [0.5, 0.6) is 0 Å². The number of fused-ring (bicyclic) bond motifs is 4. The zero-order valence-electron chi connectivity index (χ0n) is 22.7. The number of hydrogen-bond donors (Lipinski definition) is 1. The summed E-state index contributed by atoms with van der Waals surface area (Å²) in [6.45, 7) is 11.5. The Hall–Kier alpha value is -1.54. The molecule has 34 heavy (non-hydrogen) atoms. The van der Waals surface area contributed by atoms with Crippen LogP contribution in [0.25, 0.3) is 0 Å². The first-order chi connectivity index (χ1) is 15.6. The molecule has 2 N–H and O–H groups in total. The van der Waals surface area contributed by atoms with E-state index in [0.29, 0.717) is 30.2 Å². The van der Waals surface area contributed by atoms with Gasteiger partial charge in [-0.2, -0.15) is 0 Å². The molecular weight excluding hydrogens is 432 g/mol. The number of piperidine rings is 2. The number of nitrogens with zero attached hydrogens (tertiary/aromatic N) is 3. The minimum atomic E-state index is -0.407. The molecule has 2 amide bonds. The first-order valence-corrected chi connectivity index (χ1v) is 13.1. The molecule has 4 saturated heterocycles. The van der Waals surface area contributed by atoms with Crippen LogP contribution in [0.4, 0.5) is 9.59 Å². The Morgan fingerprint density at radius 2 is 1.03 bits per heavy atom. The van der Waals surface area contributed by atoms with E-state index in [1.54, 1.807) is 0 Å². The van der Waals surface area contributed by atoms with E-state index in [1.165, 1.54) is 0 Å². The van der Waals surface area contributed by atoms with Crippen LogP contribution >= 0.6 is 0 Å². The van der Waals surface area contributed by atoms with Crippen molar-refractivity contribution < 1.29 is 19.1 Å². The summed E-state index contributed by atoms with van der Waals surface area (Å²) in [5, 5.41) is 0. The molecule has 0 aromatic rings. The lowest BCUT2D eigenvalue weighted by Crippen LogP contribution is -2.52. The van der Waals surface area contributed by atoms with Crippen molar-refractivity contribution in [2.24, 2.45) is 5.73 Å². The summed E-state index contributed by atoms with van der Waals surface area (Å²) < 4.78 is 11.0. The minimum absolute atomic E-state index is 0.118. The van der Waals surface area contributed by atoms with Gasteiger partial charge in [-0.05, 0) is 107 Å². The molecule has 0 spiro atoms. The molecule has 4 aliphatic rings. The predicted octanol–water partition coefficient (Wildman–Crippen LogP) is 4.35. The summed E-state index contributed by atoms with van der Waals surface area (Å²) in [6, 6.07) is 2.25. The van der Waals surface area contributed by atoms with Crippen LogP contribution in [0.2, 0.25) is 0 Å². The number of hydrogen-bond acceptors (Lipinski definition) is 6. The van der Waals surface area contributed by atoms with Crippen molar-refractivity contribution in [1.29, 1.82) is 0 Å². The second-order valence-corrected chi connectivity index (χ2v) is 12.9. The number of carbonyl (C=O) groups excluding carboxylic acids is 2. The minimum Gasteiger partial charge on any atom is -0.444 e. The van der Waals surface area contributed by atoms with Crippen LogP contribution in [0.3, 0.4) is 0 Å². The van der Waals surface area contributed by atoms with Crippen molar-refractivity contribution in [3.63, 3.8) is 0 Å². The third kappa shape index (κ3) is 6.78. The summed E-state index contributed by atoms with van der Waals surface area (Å²) in [5.74, 6) is 0. The largest absolute Gasteiger partial charge is 0.444 e. The Labute approximate surface area is 206 Å². The van der Waals surface area contributed by atoms with E-state index in [0.717, 1.165) is 51.4 Å². The smallest absolute Gasteiger partial charge is 0.410 e. The standard InChI is InChI=1S/C14H26N2O2.C12H22N2O2/c1-14(2,3)18-13(17)16-10-6-7-11(16)9-12(8-10)15(4)5;1-12(2,3)16-11(15)14-9-4-5-10(14)7-8(13)6-9/h10-12H,6-9H2,1-5H3;8-10H,4-7,13H2,1-3H3. The molecule has 4 bridgehead atoms. The van der Waals surface area contributed by atoms with E-state index >= 15 is 0 Å². The second-order valence-electron chi connectivity index (χ2n) is 12.9. The van der Waals surface area contributed by atoms with Gasteiger partial charge < -0.3 is 29.9 Å². The van der Waals surface area contributed by atoms with Crippen LogP contribution < -0.4 is 5.73 Å². The zero-order valence-corrected chi connectivity index (χ0v) is 22.7. The van der Waals surface area contributed by atoms with Gasteiger partial charge in [0.15, 0.2) is 0 Å². The van der Waals surface area contributed by atoms with Crippen molar-refractivity contribution in [2.45, 2.75) is 140 Å². The first kappa shape index (κ1) is 27.1. The van der Waals surface area contributed by atoms with E-state index in [9.17, 15) is 9.59 Å². The summed E-state index contributed by atoms with van der Waals surface area (Å²) >= 11 is 0. The van der Waals surface area contributed by atoms with Gasteiger partial charge in [0, 0.05) is 36.3 Å². The SMILES string of the molecule is CC(C)(C)OC(=O)N1C2CCC1CC(N)C2.CN(C)C1CC2CCC(C1)N2C(=O)OC(C)(C)C. The molecule has 0 saturated carbocycles. The summed E-state index contributed by atoms with van der Waals surface area (Å²) in [5.41, 5.74) is 5.17. The normalized spacial score (nSPS) is 32.9. The van der Waals surface area contributed by atoms with Crippen LogP contribution in [0.1, 0.15) is 92.9 Å². The number of rotatable bonds is 1. The fourth-order valence-corrected chi connectivity index (χ4v) is 6.01. The molecule has 4 atom stereocenters. The molecule has 4 unspecified atom stereocenters. The monoisotopic (exact) mass is 480 g/mol. The van der Waals surface area contributed by atoms with Crippen molar-refractivity contribution in [3.8, 4) is 0 Å². The molecule has 4 aliphatic heterocycles. The molecule has 8 heteroatoms. The first-order valence-electron chi connectivity index (χ1n) is 13.1. The van der Waals surface area contributed by atoms with E-state index in [4.69, 9.17) is 15.2 Å². The average Bonchev–Trinajstić information content (AvgIpc) is 3.09. The average molecular weight is 481 g/mol. The van der Waals surface area contributed by atoms with Gasteiger partial charge in [0.05, 0.1) is 0 Å².